The van der Waals surface area contributed by atoms with E-state index in [0.29, 0.717) is 0 Å². The molecule has 18 heavy (non-hydrogen) atoms. The molecule has 0 saturated carbocycles. The molecule has 3 nitrogen and oxygen atoms in total. The summed E-state index contributed by atoms with van der Waals surface area (Å²) in [4.78, 5) is 11.6. The van der Waals surface area contributed by atoms with Gasteiger partial charge in [0, 0.05) is 11.4 Å². The number of fused-ring (bicyclic) bond motifs is 1. The van der Waals surface area contributed by atoms with Gasteiger partial charge in [0.15, 0.2) is 0 Å². The van der Waals surface area contributed by atoms with Crippen LogP contribution in [0.3, 0.4) is 0 Å². The predicted octanol–water partition coefficient (Wildman–Crippen LogP) is 3.26. The van der Waals surface area contributed by atoms with E-state index in [1.165, 1.54) is 4.88 Å². The average Bonchev–Trinajstić information content (AvgIpc) is 2.96. The zero-order chi connectivity index (χ0) is 12.4. The third-order valence-corrected chi connectivity index (χ3v) is 3.73. The van der Waals surface area contributed by atoms with E-state index in [4.69, 9.17) is 0 Å². The van der Waals surface area contributed by atoms with Crippen molar-refractivity contribution in [3.8, 4) is 0 Å². The minimum atomic E-state index is 0.840. The second-order valence-corrected chi connectivity index (χ2v) is 5.48. The van der Waals surface area contributed by atoms with E-state index < -0.39 is 0 Å². The first-order valence-electron chi connectivity index (χ1n) is 5.96. The number of H-pyrrole nitrogens is 1. The van der Waals surface area contributed by atoms with Crippen LogP contribution < -0.4 is 0 Å². The first-order chi connectivity index (χ1) is 8.81. The SMILES string of the molecule is CN(Cc1nc2ccccc2[nH]1)Cc1cccs1. The van der Waals surface area contributed by atoms with Crippen LogP contribution in [0.15, 0.2) is 41.8 Å². The smallest absolute Gasteiger partial charge is 0.121 e. The number of hydrogen-bond donors (Lipinski definition) is 1. The molecule has 0 aliphatic heterocycles. The molecule has 2 heterocycles. The van der Waals surface area contributed by atoms with Crippen molar-refractivity contribution in [2.75, 3.05) is 7.05 Å². The summed E-state index contributed by atoms with van der Waals surface area (Å²) in [5.41, 5.74) is 2.15. The van der Waals surface area contributed by atoms with E-state index in [2.05, 4.69) is 45.5 Å². The molecule has 0 unspecified atom stereocenters. The Bertz CT molecular complexity index is 594. The molecule has 0 aliphatic carbocycles. The zero-order valence-corrected chi connectivity index (χ0v) is 11.1. The van der Waals surface area contributed by atoms with Crippen LogP contribution in [0.25, 0.3) is 11.0 Å². The summed E-state index contributed by atoms with van der Waals surface area (Å²) in [5, 5.41) is 2.12. The van der Waals surface area contributed by atoms with Gasteiger partial charge in [-0.2, -0.15) is 0 Å². The van der Waals surface area contributed by atoms with Gasteiger partial charge in [0.25, 0.3) is 0 Å². The molecule has 0 fully saturated rings. The first-order valence-corrected chi connectivity index (χ1v) is 6.84. The second kappa shape index (κ2) is 4.92. The molecule has 0 spiro atoms. The highest BCUT2D eigenvalue weighted by molar-refractivity contribution is 7.09. The summed E-state index contributed by atoms with van der Waals surface area (Å²) in [7, 11) is 2.12. The van der Waals surface area contributed by atoms with Crippen molar-refractivity contribution in [2.24, 2.45) is 0 Å². The molecule has 3 rings (SSSR count). The number of nitrogens with one attached hydrogen (secondary N) is 1. The molecule has 0 atom stereocenters. The maximum absolute atomic E-state index is 4.59. The Hall–Kier alpha value is -1.65. The first kappa shape index (κ1) is 11.4. The van der Waals surface area contributed by atoms with Crippen molar-refractivity contribution in [3.63, 3.8) is 0 Å². The van der Waals surface area contributed by atoms with Gasteiger partial charge in [0.05, 0.1) is 17.6 Å². The van der Waals surface area contributed by atoms with E-state index in [-0.39, 0.29) is 0 Å². The normalized spacial score (nSPS) is 11.4. The van der Waals surface area contributed by atoms with Crippen molar-refractivity contribution in [1.82, 2.24) is 14.9 Å². The fourth-order valence-corrected chi connectivity index (χ4v) is 2.84. The molecular weight excluding hydrogens is 242 g/mol. The van der Waals surface area contributed by atoms with Gasteiger partial charge in [0.2, 0.25) is 0 Å². The topological polar surface area (TPSA) is 31.9 Å². The predicted molar refractivity (Wildman–Crippen MR) is 75.6 cm³/mol. The van der Waals surface area contributed by atoms with E-state index in [0.717, 1.165) is 29.9 Å². The van der Waals surface area contributed by atoms with Crippen molar-refractivity contribution in [1.29, 1.82) is 0 Å². The minimum Gasteiger partial charge on any atom is -0.341 e. The van der Waals surface area contributed by atoms with E-state index in [9.17, 15) is 0 Å². The summed E-state index contributed by atoms with van der Waals surface area (Å²) in [6.07, 6.45) is 0. The lowest BCUT2D eigenvalue weighted by Gasteiger charge is -2.13. The van der Waals surface area contributed by atoms with Crippen LogP contribution in [0.2, 0.25) is 0 Å². The van der Waals surface area contributed by atoms with Crippen LogP contribution in [0.1, 0.15) is 10.7 Å². The maximum atomic E-state index is 4.59. The van der Waals surface area contributed by atoms with Crippen LogP contribution in [0.5, 0.6) is 0 Å². The highest BCUT2D eigenvalue weighted by atomic mass is 32.1. The average molecular weight is 257 g/mol. The Morgan fingerprint density at radius 2 is 2.06 bits per heavy atom. The van der Waals surface area contributed by atoms with Crippen molar-refractivity contribution < 1.29 is 0 Å². The minimum absolute atomic E-state index is 0.840. The largest absolute Gasteiger partial charge is 0.341 e. The highest BCUT2D eigenvalue weighted by Gasteiger charge is 2.06. The van der Waals surface area contributed by atoms with Gasteiger partial charge < -0.3 is 4.98 Å². The zero-order valence-electron chi connectivity index (χ0n) is 10.3. The van der Waals surface area contributed by atoms with E-state index in [1.54, 1.807) is 11.3 Å². The third kappa shape index (κ3) is 2.44. The molecular formula is C14H15N3S. The fraction of sp³-hybridized carbons (Fsp3) is 0.214. The van der Waals surface area contributed by atoms with Crippen LogP contribution in [-0.4, -0.2) is 21.9 Å². The van der Waals surface area contributed by atoms with Crippen LogP contribution in [-0.2, 0) is 13.1 Å². The Balaban J connectivity index is 1.71. The van der Waals surface area contributed by atoms with Gasteiger partial charge in [-0.25, -0.2) is 4.98 Å². The summed E-state index contributed by atoms with van der Waals surface area (Å²) in [5.74, 6) is 1.02. The number of aromatic nitrogens is 2. The monoisotopic (exact) mass is 257 g/mol. The summed E-state index contributed by atoms with van der Waals surface area (Å²) >= 11 is 1.79. The Kier molecular flexibility index (Phi) is 3.13. The van der Waals surface area contributed by atoms with Crippen LogP contribution >= 0.6 is 11.3 Å². The molecule has 0 amide bonds. The number of para-hydroxylation sites is 2. The quantitative estimate of drug-likeness (QED) is 0.778. The lowest BCUT2D eigenvalue weighted by Crippen LogP contribution is -2.17. The van der Waals surface area contributed by atoms with Crippen molar-refractivity contribution in [3.05, 3.63) is 52.5 Å². The van der Waals surface area contributed by atoms with E-state index in [1.807, 2.05) is 18.2 Å². The maximum Gasteiger partial charge on any atom is 0.121 e. The molecule has 0 aliphatic rings. The Morgan fingerprint density at radius 1 is 1.17 bits per heavy atom. The molecule has 0 saturated heterocycles. The number of thiophene rings is 1. The molecule has 0 bridgehead atoms. The molecule has 2 aromatic heterocycles. The molecule has 4 heteroatoms. The van der Waals surface area contributed by atoms with Crippen LogP contribution in [0.4, 0.5) is 0 Å². The molecule has 92 valence electrons. The Morgan fingerprint density at radius 3 is 2.83 bits per heavy atom. The fourth-order valence-electron chi connectivity index (χ4n) is 2.06. The molecule has 1 N–H and O–H groups in total. The second-order valence-electron chi connectivity index (χ2n) is 4.45. The van der Waals surface area contributed by atoms with Gasteiger partial charge in [-0.15, -0.1) is 11.3 Å². The molecule has 0 radical (unpaired) electrons. The van der Waals surface area contributed by atoms with Gasteiger partial charge in [0.1, 0.15) is 5.82 Å². The lowest BCUT2D eigenvalue weighted by atomic mass is 10.3. The summed E-state index contributed by atoms with van der Waals surface area (Å²) in [6, 6.07) is 12.4. The van der Waals surface area contributed by atoms with E-state index >= 15 is 0 Å². The summed E-state index contributed by atoms with van der Waals surface area (Å²) < 4.78 is 0. The van der Waals surface area contributed by atoms with Crippen LogP contribution in [0, 0.1) is 0 Å². The number of benzene rings is 1. The lowest BCUT2D eigenvalue weighted by molar-refractivity contribution is 0.315. The number of hydrogen-bond acceptors (Lipinski definition) is 3. The molecule has 1 aromatic carbocycles. The standard InChI is InChI=1S/C14H15N3S/c1-17(9-11-5-4-8-18-11)10-14-15-12-6-2-3-7-13(12)16-14/h2-8H,9-10H2,1H3,(H,15,16). The van der Waals surface area contributed by atoms with Gasteiger partial charge in [-0.05, 0) is 30.6 Å². The molecule has 3 aromatic rings. The number of aromatic amines is 1. The number of imidazole rings is 1. The van der Waals surface area contributed by atoms with Gasteiger partial charge in [-0.1, -0.05) is 18.2 Å². The number of rotatable bonds is 4. The van der Waals surface area contributed by atoms with Gasteiger partial charge in [-0.3, -0.25) is 4.90 Å². The Labute approximate surface area is 110 Å². The highest BCUT2D eigenvalue weighted by Crippen LogP contribution is 2.14. The number of nitrogens with zero attached hydrogens (tertiary/aromatic N) is 2. The third-order valence-electron chi connectivity index (χ3n) is 2.86. The van der Waals surface area contributed by atoms with Crippen molar-refractivity contribution >= 4 is 22.4 Å². The van der Waals surface area contributed by atoms with Crippen molar-refractivity contribution in [2.45, 2.75) is 13.1 Å². The summed E-state index contributed by atoms with van der Waals surface area (Å²) in [6.45, 7) is 1.81. The van der Waals surface area contributed by atoms with Gasteiger partial charge >= 0.3 is 0 Å².